The summed E-state index contributed by atoms with van der Waals surface area (Å²) in [5, 5.41) is 17.8. The maximum absolute atomic E-state index is 12.7. The van der Waals surface area contributed by atoms with Crippen LogP contribution in [0.5, 0.6) is 0 Å². The highest BCUT2D eigenvalue weighted by atomic mass is 35.5. The minimum atomic E-state index is -3.27. The van der Waals surface area contributed by atoms with E-state index in [2.05, 4.69) is 4.98 Å². The molecule has 1 rings (SSSR count). The second-order valence-electron chi connectivity index (χ2n) is 2.72. The quantitative estimate of drug-likeness (QED) is 0.472. The van der Waals surface area contributed by atoms with Gasteiger partial charge in [0.2, 0.25) is 0 Å². The Morgan fingerprint density at radius 2 is 2.24 bits per heavy atom. The van der Waals surface area contributed by atoms with E-state index in [1.165, 1.54) is 6.07 Å². The molecular weight excluding hydrogens is 260 g/mol. The summed E-state index contributed by atoms with van der Waals surface area (Å²) in [4.78, 5) is 23.4. The third kappa shape index (κ3) is 2.34. The summed E-state index contributed by atoms with van der Waals surface area (Å²) in [7, 11) is 0. The van der Waals surface area contributed by atoms with Crippen LogP contribution < -0.4 is 0 Å². The summed E-state index contributed by atoms with van der Waals surface area (Å²) < 4.78 is 25.3. The van der Waals surface area contributed by atoms with Crippen LogP contribution in [0.15, 0.2) is 6.20 Å². The lowest BCUT2D eigenvalue weighted by Crippen LogP contribution is -2.07. The fourth-order valence-corrected chi connectivity index (χ4v) is 1.29. The number of hydrogen-bond acceptors (Lipinski definition) is 5. The molecule has 0 atom stereocenters. The minimum absolute atomic E-state index is 0.542. The molecule has 0 saturated heterocycles. The number of nitro groups is 1. The van der Waals surface area contributed by atoms with Crippen LogP contribution in [0.1, 0.15) is 28.0 Å². The number of hydrogen-bond donors (Lipinski definition) is 0. The Morgan fingerprint density at radius 3 is 2.59 bits per heavy atom. The number of pyridine rings is 1. The first kappa shape index (κ1) is 12.9. The first-order chi connectivity index (χ1) is 7.90. The second-order valence-corrected chi connectivity index (χ2v) is 3.07. The van der Waals surface area contributed by atoms with Crippen molar-refractivity contribution in [2.75, 3.05) is 0 Å². The van der Waals surface area contributed by atoms with E-state index in [0.29, 0.717) is 6.20 Å². The van der Waals surface area contributed by atoms with Gasteiger partial charge in [-0.15, -0.1) is 0 Å². The predicted octanol–water partition coefficient (Wildman–Crippen LogP) is 2.18. The number of rotatable bonds is 3. The molecule has 0 bridgehead atoms. The Morgan fingerprint density at radius 1 is 1.65 bits per heavy atom. The zero-order chi connectivity index (χ0) is 13.2. The average Bonchev–Trinajstić information content (AvgIpc) is 2.26. The molecule has 0 aliphatic rings. The summed E-state index contributed by atoms with van der Waals surface area (Å²) in [6.45, 7) is 0. The Bertz CT molecular complexity index is 542. The topological polar surface area (TPSA) is 96.9 Å². The van der Waals surface area contributed by atoms with E-state index in [0.717, 1.165) is 0 Å². The molecule has 0 fully saturated rings. The van der Waals surface area contributed by atoms with Gasteiger partial charge in [-0.1, -0.05) is 0 Å². The van der Waals surface area contributed by atoms with Crippen molar-refractivity contribution >= 4 is 22.5 Å². The number of nitrogens with zero attached hydrogens (tertiary/aromatic N) is 3. The number of carbonyl (C=O) groups is 1. The summed E-state index contributed by atoms with van der Waals surface area (Å²) >= 11 is 5.00. The summed E-state index contributed by atoms with van der Waals surface area (Å²) in [5.74, 6) is 0. The van der Waals surface area contributed by atoms with Crippen molar-refractivity contribution in [1.29, 1.82) is 5.26 Å². The highest BCUT2D eigenvalue weighted by Gasteiger charge is 2.29. The van der Waals surface area contributed by atoms with Crippen molar-refractivity contribution in [3.8, 4) is 6.07 Å². The van der Waals surface area contributed by atoms with Crippen molar-refractivity contribution in [2.45, 2.75) is 6.43 Å². The van der Waals surface area contributed by atoms with Gasteiger partial charge < -0.3 is 0 Å². The van der Waals surface area contributed by atoms with Crippen LogP contribution in [-0.4, -0.2) is 15.1 Å². The van der Waals surface area contributed by atoms with Gasteiger partial charge >= 0.3 is 5.69 Å². The minimum Gasteiger partial charge on any atom is -0.274 e. The fraction of sp³-hybridized carbons (Fsp3) is 0.125. The maximum atomic E-state index is 12.7. The molecule has 0 aromatic carbocycles. The number of aromatic nitrogens is 1. The normalized spacial score (nSPS) is 10.1. The van der Waals surface area contributed by atoms with E-state index in [1.54, 1.807) is 0 Å². The van der Waals surface area contributed by atoms with Crippen LogP contribution in [-0.2, 0) is 0 Å². The SMILES string of the molecule is N#Cc1c([N+](=O)[O-])cnc(C(=O)Cl)c1C(F)F. The van der Waals surface area contributed by atoms with E-state index in [9.17, 15) is 23.7 Å². The number of halogens is 3. The standard InChI is InChI=1S/C8H2ClF2N3O3/c9-7(15)6-5(8(10)11)3(1-12)4(2-13-6)14(16)17/h2,8H. The third-order valence-electron chi connectivity index (χ3n) is 1.81. The Labute approximate surface area is 97.6 Å². The highest BCUT2D eigenvalue weighted by molar-refractivity contribution is 6.67. The van der Waals surface area contributed by atoms with E-state index in [-0.39, 0.29) is 0 Å². The van der Waals surface area contributed by atoms with Crippen LogP contribution in [0.2, 0.25) is 0 Å². The van der Waals surface area contributed by atoms with E-state index in [1.807, 2.05) is 0 Å². The van der Waals surface area contributed by atoms with Crippen LogP contribution in [0.4, 0.5) is 14.5 Å². The predicted molar refractivity (Wildman–Crippen MR) is 50.7 cm³/mol. The smallest absolute Gasteiger partial charge is 0.274 e. The van der Waals surface area contributed by atoms with Crippen LogP contribution >= 0.6 is 11.6 Å². The molecule has 1 aromatic heterocycles. The average molecular weight is 262 g/mol. The molecular formula is C8H2ClF2N3O3. The Hall–Kier alpha value is -2.14. The number of alkyl halides is 2. The van der Waals surface area contributed by atoms with Gasteiger partial charge in [-0.05, 0) is 11.6 Å². The lowest BCUT2D eigenvalue weighted by molar-refractivity contribution is -0.385. The molecule has 0 aliphatic carbocycles. The molecule has 1 aromatic rings. The molecule has 88 valence electrons. The van der Waals surface area contributed by atoms with Crippen molar-refractivity contribution < 1.29 is 18.5 Å². The van der Waals surface area contributed by atoms with Crippen molar-refractivity contribution in [3.05, 3.63) is 33.1 Å². The molecule has 9 heteroatoms. The molecule has 0 unspecified atom stereocenters. The van der Waals surface area contributed by atoms with Gasteiger partial charge in [0.05, 0.1) is 10.5 Å². The molecule has 17 heavy (non-hydrogen) atoms. The molecule has 0 radical (unpaired) electrons. The van der Waals surface area contributed by atoms with Gasteiger partial charge in [-0.3, -0.25) is 14.9 Å². The highest BCUT2D eigenvalue weighted by Crippen LogP contribution is 2.31. The molecule has 0 amide bonds. The first-order valence-corrected chi connectivity index (χ1v) is 4.33. The lowest BCUT2D eigenvalue weighted by atomic mass is 10.1. The molecule has 0 N–H and O–H groups in total. The van der Waals surface area contributed by atoms with Gasteiger partial charge in [0, 0.05) is 0 Å². The van der Waals surface area contributed by atoms with Crippen molar-refractivity contribution in [1.82, 2.24) is 4.98 Å². The van der Waals surface area contributed by atoms with E-state index in [4.69, 9.17) is 16.9 Å². The van der Waals surface area contributed by atoms with Gasteiger partial charge in [0.25, 0.3) is 11.7 Å². The van der Waals surface area contributed by atoms with Gasteiger partial charge in [-0.25, -0.2) is 13.8 Å². The van der Waals surface area contributed by atoms with Gasteiger partial charge in [-0.2, -0.15) is 5.26 Å². The lowest BCUT2D eigenvalue weighted by Gasteiger charge is -2.06. The Balaban J connectivity index is 3.69. The molecule has 0 spiro atoms. The second kappa shape index (κ2) is 4.80. The Kier molecular flexibility index (Phi) is 3.65. The molecule has 1 heterocycles. The number of carbonyl (C=O) groups excluding carboxylic acids is 1. The largest absolute Gasteiger partial charge is 0.305 e. The van der Waals surface area contributed by atoms with Gasteiger partial charge in [0.1, 0.15) is 23.5 Å². The zero-order valence-electron chi connectivity index (χ0n) is 7.85. The van der Waals surface area contributed by atoms with Crippen molar-refractivity contribution in [3.63, 3.8) is 0 Å². The summed E-state index contributed by atoms with van der Waals surface area (Å²) in [6.07, 6.45) is -2.73. The van der Waals surface area contributed by atoms with Crippen LogP contribution in [0.25, 0.3) is 0 Å². The fourth-order valence-electron chi connectivity index (χ4n) is 1.14. The molecule has 0 aliphatic heterocycles. The maximum Gasteiger partial charge on any atom is 0.305 e. The van der Waals surface area contributed by atoms with Crippen LogP contribution in [0, 0.1) is 21.4 Å². The van der Waals surface area contributed by atoms with E-state index < -0.39 is 39.1 Å². The summed E-state index contributed by atoms with van der Waals surface area (Å²) in [5.41, 5.74) is -3.79. The number of nitriles is 1. The van der Waals surface area contributed by atoms with Gasteiger partial charge in [0.15, 0.2) is 0 Å². The van der Waals surface area contributed by atoms with E-state index >= 15 is 0 Å². The van der Waals surface area contributed by atoms with Crippen molar-refractivity contribution in [2.24, 2.45) is 0 Å². The zero-order valence-corrected chi connectivity index (χ0v) is 8.61. The molecule has 6 nitrogen and oxygen atoms in total. The third-order valence-corrected chi connectivity index (χ3v) is 1.99. The monoisotopic (exact) mass is 261 g/mol. The summed E-state index contributed by atoms with van der Waals surface area (Å²) in [6, 6.07) is 1.25. The van der Waals surface area contributed by atoms with Crippen LogP contribution in [0.3, 0.4) is 0 Å². The first-order valence-electron chi connectivity index (χ1n) is 3.95. The molecule has 0 saturated carbocycles.